The van der Waals surface area contributed by atoms with E-state index in [9.17, 15) is 26.5 Å². The normalized spacial score (nSPS) is 21.1. The molecule has 1 heterocycles. The van der Waals surface area contributed by atoms with Crippen LogP contribution in [-0.2, 0) is 20.2 Å². The lowest BCUT2D eigenvalue weighted by atomic mass is 9.97. The van der Waals surface area contributed by atoms with Crippen LogP contribution in [0.15, 0.2) is 0 Å². The molecule has 1 fully saturated rings. The summed E-state index contributed by atoms with van der Waals surface area (Å²) in [4.78, 5) is 3.96. The van der Waals surface area contributed by atoms with Crippen molar-refractivity contribution < 1.29 is 31.0 Å². The largest absolute Gasteiger partial charge is 0.748 e. The number of hydrogen-bond acceptors (Lipinski definition) is 8. The minimum Gasteiger partial charge on any atom is -0.748 e. The summed E-state index contributed by atoms with van der Waals surface area (Å²) >= 11 is 0. The van der Waals surface area contributed by atoms with E-state index in [-0.39, 0.29) is 24.1 Å². The zero-order valence-corrected chi connectivity index (χ0v) is 15.7. The average molecular weight is 388 g/mol. The molecular weight excluding hydrogens is 360 g/mol. The Kier molecular flexibility index (Phi) is 8.04. The fraction of sp³-hybridized carbons (Fsp3) is 1.00. The maximum Gasteiger partial charge on any atom is 0.267 e. The molecule has 0 spiro atoms. The van der Waals surface area contributed by atoms with Crippen molar-refractivity contribution in [2.24, 2.45) is 11.8 Å². The highest BCUT2D eigenvalue weighted by atomic mass is 32.2. The Morgan fingerprint density at radius 3 is 1.79 bits per heavy atom. The van der Waals surface area contributed by atoms with Crippen molar-refractivity contribution in [2.45, 2.75) is 20.0 Å². The monoisotopic (exact) mass is 387 g/mol. The van der Waals surface area contributed by atoms with Gasteiger partial charge in [-0.05, 0) is 11.8 Å². The number of aliphatic hydroxyl groups excluding tert-OH is 1. The van der Waals surface area contributed by atoms with E-state index in [1.807, 2.05) is 18.7 Å². The third kappa shape index (κ3) is 9.25. The summed E-state index contributed by atoms with van der Waals surface area (Å²) in [6, 6.07) is 0. The number of rotatable bonds is 9. The third-order valence-corrected chi connectivity index (χ3v) is 5.83. The van der Waals surface area contributed by atoms with E-state index in [1.54, 1.807) is 0 Å². The smallest absolute Gasteiger partial charge is 0.267 e. The Morgan fingerprint density at radius 1 is 0.958 bits per heavy atom. The average Bonchev–Trinajstić information content (AvgIpc) is 2.36. The highest BCUT2D eigenvalue weighted by molar-refractivity contribution is 7.86. The molecule has 2 atom stereocenters. The summed E-state index contributed by atoms with van der Waals surface area (Å²) in [6.45, 7) is 6.91. The number of β-amino-alcohol motifs (C(OH)–C–C–N with tert-alkyl or cyclic N) is 1. The molecule has 0 bridgehead atoms. The maximum absolute atomic E-state index is 11.0. The molecule has 24 heavy (non-hydrogen) atoms. The molecule has 9 nitrogen and oxygen atoms in total. The van der Waals surface area contributed by atoms with Crippen molar-refractivity contribution >= 4 is 20.2 Å². The summed E-state index contributed by atoms with van der Waals surface area (Å²) in [5, 5.41) is 9.65. The molecule has 0 amide bonds. The van der Waals surface area contributed by atoms with Crippen LogP contribution in [-0.4, -0.2) is 97.7 Å². The molecule has 144 valence electrons. The molecule has 1 aliphatic heterocycles. The topological polar surface area (TPSA) is 138 Å². The summed E-state index contributed by atoms with van der Waals surface area (Å²) < 4.78 is 63.2. The predicted molar refractivity (Wildman–Crippen MR) is 88.2 cm³/mol. The van der Waals surface area contributed by atoms with Crippen LogP contribution in [0, 0.1) is 11.8 Å². The van der Waals surface area contributed by atoms with Crippen LogP contribution in [0.25, 0.3) is 0 Å². The first-order valence-electron chi connectivity index (χ1n) is 7.87. The number of hydrogen-bond donors (Lipinski definition) is 2. The molecule has 0 saturated carbocycles. The Morgan fingerprint density at radius 2 is 1.42 bits per heavy atom. The molecule has 1 aliphatic rings. The second kappa shape index (κ2) is 8.88. The Hall–Kier alpha value is -0.300. The van der Waals surface area contributed by atoms with Crippen molar-refractivity contribution in [3.05, 3.63) is 0 Å². The standard InChI is InChI=1S/C13H28N2O7S2/c1-11(2)12(9-23(17,18)19)7-14-3-5-15(6-4-14)8-13(16)10-24(20,21)22/h11-13,16H,3-10H2,1-2H3,(H,17,18,19)(H,20,21,22)/p-1. The minimum atomic E-state index is -4.26. The number of nitrogens with zero attached hydrogens (tertiary/aromatic N) is 2. The molecule has 0 aromatic heterocycles. The summed E-state index contributed by atoms with van der Waals surface area (Å²) in [5.41, 5.74) is 0. The highest BCUT2D eigenvalue weighted by Gasteiger charge is 2.25. The Balaban J connectivity index is 2.44. The van der Waals surface area contributed by atoms with Gasteiger partial charge in [0.25, 0.3) is 10.1 Å². The van der Waals surface area contributed by atoms with Gasteiger partial charge in [-0.1, -0.05) is 13.8 Å². The molecule has 2 N–H and O–H groups in total. The van der Waals surface area contributed by atoms with E-state index in [0.717, 1.165) is 0 Å². The Bertz CT molecular complexity index is 583. The lowest BCUT2D eigenvalue weighted by Crippen LogP contribution is -2.51. The van der Waals surface area contributed by atoms with Gasteiger partial charge in [0.1, 0.15) is 5.75 Å². The van der Waals surface area contributed by atoms with Gasteiger partial charge >= 0.3 is 0 Å². The molecule has 0 aromatic carbocycles. The van der Waals surface area contributed by atoms with Crippen molar-refractivity contribution in [3.8, 4) is 0 Å². The van der Waals surface area contributed by atoms with Gasteiger partial charge < -0.3 is 14.6 Å². The van der Waals surface area contributed by atoms with Gasteiger partial charge in [-0.15, -0.1) is 0 Å². The molecule has 2 unspecified atom stereocenters. The Labute approximate surface area is 144 Å². The lowest BCUT2D eigenvalue weighted by molar-refractivity contribution is 0.0728. The third-order valence-electron chi connectivity index (χ3n) is 4.19. The van der Waals surface area contributed by atoms with Crippen LogP contribution in [0.5, 0.6) is 0 Å². The van der Waals surface area contributed by atoms with E-state index in [1.165, 1.54) is 0 Å². The lowest BCUT2D eigenvalue weighted by Gasteiger charge is -2.38. The van der Waals surface area contributed by atoms with Gasteiger partial charge in [0, 0.05) is 45.0 Å². The molecule has 0 aromatic rings. The maximum atomic E-state index is 11.0. The quantitative estimate of drug-likeness (QED) is 0.461. The van der Waals surface area contributed by atoms with Crippen molar-refractivity contribution in [3.63, 3.8) is 0 Å². The minimum absolute atomic E-state index is 0.0725. The molecule has 1 rings (SSSR count). The van der Waals surface area contributed by atoms with Crippen LogP contribution >= 0.6 is 0 Å². The van der Waals surface area contributed by atoms with E-state index in [0.29, 0.717) is 32.7 Å². The van der Waals surface area contributed by atoms with E-state index in [2.05, 4.69) is 4.90 Å². The van der Waals surface area contributed by atoms with E-state index >= 15 is 0 Å². The fourth-order valence-corrected chi connectivity index (χ4v) is 4.40. The van der Waals surface area contributed by atoms with Crippen molar-refractivity contribution in [2.75, 3.05) is 50.8 Å². The zero-order valence-electron chi connectivity index (χ0n) is 14.0. The molecule has 1 saturated heterocycles. The first kappa shape index (κ1) is 21.7. The van der Waals surface area contributed by atoms with Crippen LogP contribution < -0.4 is 0 Å². The number of aliphatic hydroxyl groups is 1. The summed E-state index contributed by atoms with van der Waals surface area (Å²) in [5.74, 6) is -1.23. The summed E-state index contributed by atoms with van der Waals surface area (Å²) in [6.07, 6.45) is -1.15. The molecule has 0 aliphatic carbocycles. The fourth-order valence-electron chi connectivity index (χ4n) is 2.80. The second-order valence-corrected chi connectivity index (χ2v) is 9.68. The van der Waals surface area contributed by atoms with Crippen LogP contribution in [0.3, 0.4) is 0 Å². The van der Waals surface area contributed by atoms with Gasteiger partial charge in [0.15, 0.2) is 0 Å². The highest BCUT2D eigenvalue weighted by Crippen LogP contribution is 2.16. The van der Waals surface area contributed by atoms with Gasteiger partial charge in [-0.3, -0.25) is 9.45 Å². The first-order valence-corrected chi connectivity index (χ1v) is 11.1. The number of piperazine rings is 1. The van der Waals surface area contributed by atoms with Crippen LogP contribution in [0.4, 0.5) is 0 Å². The van der Waals surface area contributed by atoms with Crippen LogP contribution in [0.2, 0.25) is 0 Å². The first-order chi connectivity index (χ1) is 10.9. The van der Waals surface area contributed by atoms with Gasteiger partial charge in [-0.25, -0.2) is 8.42 Å². The van der Waals surface area contributed by atoms with Gasteiger partial charge in [0.2, 0.25) is 0 Å². The molecule has 0 radical (unpaired) electrons. The summed E-state index contributed by atoms with van der Waals surface area (Å²) in [7, 11) is -8.47. The SMILES string of the molecule is CC(C)C(CN1CCN(CC(O)CS(=O)(=O)O)CC1)CS(=O)(=O)[O-]. The van der Waals surface area contributed by atoms with Crippen molar-refractivity contribution in [1.82, 2.24) is 9.80 Å². The van der Waals surface area contributed by atoms with Crippen molar-refractivity contribution in [1.29, 1.82) is 0 Å². The van der Waals surface area contributed by atoms with Crippen LogP contribution in [0.1, 0.15) is 13.8 Å². The second-order valence-electron chi connectivity index (χ2n) is 6.73. The zero-order chi connectivity index (χ0) is 18.5. The molecular formula is C13H27N2O7S2-. The molecule has 11 heteroatoms. The van der Waals surface area contributed by atoms with Gasteiger partial charge in [0.05, 0.1) is 16.2 Å². The van der Waals surface area contributed by atoms with E-state index in [4.69, 9.17) is 4.55 Å². The van der Waals surface area contributed by atoms with Gasteiger partial charge in [-0.2, -0.15) is 8.42 Å². The van der Waals surface area contributed by atoms with E-state index < -0.39 is 32.1 Å². The predicted octanol–water partition coefficient (Wildman–Crippen LogP) is -1.33.